The van der Waals surface area contributed by atoms with Gasteiger partial charge in [-0.05, 0) is 31.5 Å². The predicted molar refractivity (Wildman–Crippen MR) is 82.7 cm³/mol. The first-order valence-electron chi connectivity index (χ1n) is 6.63. The van der Waals surface area contributed by atoms with Crippen molar-refractivity contribution in [2.45, 2.75) is 19.9 Å². The van der Waals surface area contributed by atoms with Crippen LogP contribution in [-0.2, 0) is 0 Å². The first-order valence-corrected chi connectivity index (χ1v) is 7.51. The molecule has 1 unspecified atom stereocenters. The fourth-order valence-corrected chi connectivity index (χ4v) is 2.50. The topological polar surface area (TPSA) is 67.4 Å². The van der Waals surface area contributed by atoms with Gasteiger partial charge in [-0.15, -0.1) is 10.2 Å². The molecular formula is C14H18N4O2S. The number of anilines is 1. The van der Waals surface area contributed by atoms with Crippen LogP contribution in [-0.4, -0.2) is 34.8 Å². The third kappa shape index (κ3) is 3.69. The molecule has 0 bridgehead atoms. The maximum atomic E-state index is 12.3. The molecule has 0 radical (unpaired) electrons. The number of urea groups is 1. The number of benzene rings is 1. The first-order chi connectivity index (χ1) is 10.2. The Kier molecular flexibility index (Phi) is 5.10. The van der Waals surface area contributed by atoms with Crippen LogP contribution in [0.15, 0.2) is 29.8 Å². The van der Waals surface area contributed by atoms with E-state index in [9.17, 15) is 4.79 Å². The standard InChI is InChI=1S/C14H18N4O2S/c1-4-18(14(19)16-13-17-15-9-21-13)10(2)11-6-5-7-12(8-11)20-3/h5-10H,4H2,1-3H3,(H,16,17,19). The van der Waals surface area contributed by atoms with Crippen molar-refractivity contribution >= 4 is 22.5 Å². The molecule has 0 aliphatic rings. The molecule has 1 aromatic carbocycles. The van der Waals surface area contributed by atoms with Crippen molar-refractivity contribution in [2.24, 2.45) is 0 Å². The average molecular weight is 306 g/mol. The van der Waals surface area contributed by atoms with Gasteiger partial charge in [0.1, 0.15) is 11.3 Å². The second-order valence-electron chi connectivity index (χ2n) is 4.41. The highest BCUT2D eigenvalue weighted by molar-refractivity contribution is 7.13. The van der Waals surface area contributed by atoms with E-state index in [2.05, 4.69) is 15.5 Å². The average Bonchev–Trinajstić information content (AvgIpc) is 3.00. The van der Waals surface area contributed by atoms with E-state index >= 15 is 0 Å². The van der Waals surface area contributed by atoms with Crippen molar-refractivity contribution in [1.29, 1.82) is 0 Å². The summed E-state index contributed by atoms with van der Waals surface area (Å²) in [5.41, 5.74) is 2.60. The van der Waals surface area contributed by atoms with Gasteiger partial charge in [0.25, 0.3) is 0 Å². The molecule has 0 aliphatic heterocycles. The van der Waals surface area contributed by atoms with Crippen LogP contribution in [0.1, 0.15) is 25.5 Å². The van der Waals surface area contributed by atoms with Crippen molar-refractivity contribution in [3.63, 3.8) is 0 Å². The number of carbonyl (C=O) groups is 1. The van der Waals surface area contributed by atoms with E-state index in [4.69, 9.17) is 4.74 Å². The summed E-state index contributed by atoms with van der Waals surface area (Å²) in [6, 6.07) is 7.46. The van der Waals surface area contributed by atoms with Gasteiger partial charge in [-0.25, -0.2) is 4.79 Å². The zero-order valence-corrected chi connectivity index (χ0v) is 13.1. The zero-order valence-electron chi connectivity index (χ0n) is 12.2. The fourth-order valence-electron chi connectivity index (χ4n) is 2.07. The number of hydrogen-bond donors (Lipinski definition) is 1. The summed E-state index contributed by atoms with van der Waals surface area (Å²) in [6.07, 6.45) is 0. The lowest BCUT2D eigenvalue weighted by Crippen LogP contribution is -2.36. The van der Waals surface area contributed by atoms with Gasteiger partial charge in [-0.2, -0.15) is 0 Å². The van der Waals surface area contributed by atoms with Gasteiger partial charge in [-0.3, -0.25) is 5.32 Å². The molecule has 0 saturated heterocycles. The van der Waals surface area contributed by atoms with Crippen molar-refractivity contribution < 1.29 is 9.53 Å². The lowest BCUT2D eigenvalue weighted by molar-refractivity contribution is 0.197. The van der Waals surface area contributed by atoms with Crippen molar-refractivity contribution in [3.05, 3.63) is 35.3 Å². The number of hydrogen-bond acceptors (Lipinski definition) is 5. The summed E-state index contributed by atoms with van der Waals surface area (Å²) in [5.74, 6) is 0.778. The Balaban J connectivity index is 2.13. The van der Waals surface area contributed by atoms with Crippen LogP contribution in [0, 0.1) is 0 Å². The number of ether oxygens (including phenoxy) is 1. The molecule has 112 valence electrons. The Morgan fingerprint density at radius 2 is 2.33 bits per heavy atom. The minimum atomic E-state index is -0.190. The van der Waals surface area contributed by atoms with Gasteiger partial charge < -0.3 is 9.64 Å². The molecule has 0 spiro atoms. The zero-order chi connectivity index (χ0) is 15.2. The van der Waals surface area contributed by atoms with Crippen molar-refractivity contribution in [2.75, 3.05) is 19.0 Å². The third-order valence-electron chi connectivity index (χ3n) is 3.22. The lowest BCUT2D eigenvalue weighted by atomic mass is 10.1. The number of methoxy groups -OCH3 is 1. The fraction of sp³-hybridized carbons (Fsp3) is 0.357. The summed E-state index contributed by atoms with van der Waals surface area (Å²) in [4.78, 5) is 14.1. The lowest BCUT2D eigenvalue weighted by Gasteiger charge is -2.28. The molecule has 1 atom stereocenters. The van der Waals surface area contributed by atoms with E-state index in [0.717, 1.165) is 11.3 Å². The van der Waals surface area contributed by atoms with E-state index in [-0.39, 0.29) is 12.1 Å². The monoisotopic (exact) mass is 306 g/mol. The maximum Gasteiger partial charge on any atom is 0.324 e. The van der Waals surface area contributed by atoms with Gasteiger partial charge in [0.15, 0.2) is 0 Å². The Labute approximate surface area is 127 Å². The number of aromatic nitrogens is 2. The second-order valence-corrected chi connectivity index (χ2v) is 5.25. The number of nitrogens with one attached hydrogen (secondary N) is 1. The van der Waals surface area contributed by atoms with Crippen LogP contribution in [0.3, 0.4) is 0 Å². The SMILES string of the molecule is CCN(C(=O)Nc1nncs1)C(C)c1cccc(OC)c1. The smallest absolute Gasteiger partial charge is 0.324 e. The van der Waals surface area contributed by atoms with Crippen molar-refractivity contribution in [3.8, 4) is 5.75 Å². The quantitative estimate of drug-likeness (QED) is 0.921. The number of amides is 2. The number of rotatable bonds is 5. The molecule has 21 heavy (non-hydrogen) atoms. The third-order valence-corrected chi connectivity index (χ3v) is 3.83. The van der Waals surface area contributed by atoms with E-state index in [1.165, 1.54) is 11.3 Å². The van der Waals surface area contributed by atoms with Crippen LogP contribution in [0.5, 0.6) is 5.75 Å². The van der Waals surface area contributed by atoms with Crippen molar-refractivity contribution in [1.82, 2.24) is 15.1 Å². The molecule has 2 aromatic rings. The van der Waals surface area contributed by atoms with Crippen LogP contribution in [0.2, 0.25) is 0 Å². The van der Waals surface area contributed by atoms with E-state index in [0.29, 0.717) is 11.7 Å². The summed E-state index contributed by atoms with van der Waals surface area (Å²) >= 11 is 1.29. The van der Waals surface area contributed by atoms with Crippen LogP contribution >= 0.6 is 11.3 Å². The number of carbonyl (C=O) groups excluding carboxylic acids is 1. The van der Waals surface area contributed by atoms with Gasteiger partial charge in [0.05, 0.1) is 13.2 Å². The second kappa shape index (κ2) is 7.03. The Morgan fingerprint density at radius 1 is 1.52 bits per heavy atom. The normalized spacial score (nSPS) is 11.8. The molecule has 1 aromatic heterocycles. The maximum absolute atomic E-state index is 12.3. The number of nitrogens with zero attached hydrogens (tertiary/aromatic N) is 3. The summed E-state index contributed by atoms with van der Waals surface area (Å²) in [7, 11) is 1.63. The molecule has 0 aliphatic carbocycles. The molecular weight excluding hydrogens is 288 g/mol. The summed E-state index contributed by atoms with van der Waals surface area (Å²) in [6.45, 7) is 4.51. The minimum Gasteiger partial charge on any atom is -0.497 e. The van der Waals surface area contributed by atoms with Gasteiger partial charge >= 0.3 is 6.03 Å². The Bertz CT molecular complexity index is 588. The summed E-state index contributed by atoms with van der Waals surface area (Å²) < 4.78 is 5.23. The highest BCUT2D eigenvalue weighted by Gasteiger charge is 2.21. The molecule has 7 heteroatoms. The molecule has 2 amide bonds. The predicted octanol–water partition coefficient (Wildman–Crippen LogP) is 3.16. The molecule has 2 rings (SSSR count). The highest BCUT2D eigenvalue weighted by Crippen LogP contribution is 2.24. The Hall–Kier alpha value is -2.15. The van der Waals surface area contributed by atoms with E-state index in [1.54, 1.807) is 17.5 Å². The largest absolute Gasteiger partial charge is 0.497 e. The van der Waals surface area contributed by atoms with Gasteiger partial charge in [-0.1, -0.05) is 23.5 Å². The first kappa shape index (κ1) is 15.2. The molecule has 1 N–H and O–H groups in total. The van der Waals surface area contributed by atoms with Gasteiger partial charge in [0.2, 0.25) is 5.13 Å². The Morgan fingerprint density at radius 3 is 2.95 bits per heavy atom. The van der Waals surface area contributed by atoms with Crippen LogP contribution in [0.25, 0.3) is 0 Å². The van der Waals surface area contributed by atoms with Gasteiger partial charge in [0, 0.05) is 6.54 Å². The molecule has 0 fully saturated rings. The molecule has 0 saturated carbocycles. The minimum absolute atomic E-state index is 0.0713. The van der Waals surface area contributed by atoms with Crippen LogP contribution < -0.4 is 10.1 Å². The highest BCUT2D eigenvalue weighted by atomic mass is 32.1. The van der Waals surface area contributed by atoms with E-state index in [1.807, 2.05) is 38.1 Å². The van der Waals surface area contributed by atoms with E-state index < -0.39 is 0 Å². The molecule has 1 heterocycles. The summed E-state index contributed by atoms with van der Waals surface area (Å²) in [5, 5.41) is 10.8. The van der Waals surface area contributed by atoms with Crippen LogP contribution in [0.4, 0.5) is 9.93 Å². The molecule has 6 nitrogen and oxygen atoms in total.